The van der Waals surface area contributed by atoms with E-state index in [2.05, 4.69) is 6.92 Å². The first-order valence-corrected chi connectivity index (χ1v) is 7.31. The topological polar surface area (TPSA) is 63.4 Å². The van der Waals surface area contributed by atoms with Crippen LogP contribution >= 0.6 is 0 Å². The van der Waals surface area contributed by atoms with Crippen LogP contribution in [0.2, 0.25) is 0 Å². The molecule has 15 heavy (non-hydrogen) atoms. The third-order valence-electron chi connectivity index (χ3n) is 3.61. The molecule has 2 N–H and O–H groups in total. The maximum absolute atomic E-state index is 11.6. The molecule has 0 heterocycles. The second-order valence-corrected chi connectivity index (χ2v) is 6.87. The summed E-state index contributed by atoms with van der Waals surface area (Å²) in [6, 6.07) is 0. The lowest BCUT2D eigenvalue weighted by Crippen LogP contribution is -2.56. The first-order chi connectivity index (χ1) is 6.82. The number of rotatable bonds is 3. The predicted molar refractivity (Wildman–Crippen MR) is 62.0 cm³/mol. The first kappa shape index (κ1) is 12.9. The lowest BCUT2D eigenvalue weighted by atomic mass is 9.76. The molecule has 0 saturated heterocycles. The van der Waals surface area contributed by atoms with Gasteiger partial charge in [-0.3, -0.25) is 0 Å². The number of hydrogen-bond donors (Lipinski definition) is 1. The smallest absolute Gasteiger partial charge is 0.211 e. The zero-order chi connectivity index (χ0) is 11.7. The van der Waals surface area contributed by atoms with Gasteiger partial charge in [0.05, 0.1) is 6.26 Å². The average Bonchev–Trinajstić information content (AvgIpc) is 2.15. The Kier molecular flexibility index (Phi) is 3.79. The Morgan fingerprint density at radius 1 is 1.53 bits per heavy atom. The summed E-state index contributed by atoms with van der Waals surface area (Å²) in [4.78, 5) is 0. The quantitative estimate of drug-likeness (QED) is 0.785. The number of nitrogens with two attached hydrogens (primary N) is 1. The van der Waals surface area contributed by atoms with Crippen LogP contribution < -0.4 is 5.73 Å². The van der Waals surface area contributed by atoms with E-state index in [1.165, 1.54) is 17.0 Å². The highest BCUT2D eigenvalue weighted by Crippen LogP contribution is 2.36. The molecule has 2 unspecified atom stereocenters. The molecule has 1 fully saturated rings. The van der Waals surface area contributed by atoms with Crippen LogP contribution in [-0.2, 0) is 10.0 Å². The molecule has 4 nitrogen and oxygen atoms in total. The summed E-state index contributed by atoms with van der Waals surface area (Å²) in [5.74, 6) is 0.562. The van der Waals surface area contributed by atoms with Gasteiger partial charge in [0.25, 0.3) is 0 Å². The second-order valence-electron chi connectivity index (χ2n) is 4.86. The van der Waals surface area contributed by atoms with Gasteiger partial charge in [-0.2, -0.15) is 4.31 Å². The van der Waals surface area contributed by atoms with Crippen molar-refractivity contribution in [3.05, 3.63) is 0 Å². The fraction of sp³-hybridized carbons (Fsp3) is 1.00. The monoisotopic (exact) mass is 234 g/mol. The fourth-order valence-corrected chi connectivity index (χ4v) is 3.53. The van der Waals surface area contributed by atoms with E-state index in [-0.39, 0.29) is 5.54 Å². The van der Waals surface area contributed by atoms with Crippen molar-refractivity contribution in [2.45, 2.75) is 38.1 Å². The minimum Gasteiger partial charge on any atom is -0.329 e. The van der Waals surface area contributed by atoms with Crippen molar-refractivity contribution < 1.29 is 8.42 Å². The lowest BCUT2D eigenvalue weighted by molar-refractivity contribution is 0.128. The van der Waals surface area contributed by atoms with Gasteiger partial charge < -0.3 is 5.73 Å². The third-order valence-corrected chi connectivity index (χ3v) is 5.00. The van der Waals surface area contributed by atoms with Crippen LogP contribution in [0.15, 0.2) is 0 Å². The number of hydrogen-bond acceptors (Lipinski definition) is 3. The molecule has 0 aromatic heterocycles. The van der Waals surface area contributed by atoms with Crippen LogP contribution in [0, 0.1) is 5.92 Å². The molecule has 0 radical (unpaired) electrons. The van der Waals surface area contributed by atoms with Crippen molar-refractivity contribution >= 4 is 10.0 Å². The lowest BCUT2D eigenvalue weighted by Gasteiger charge is -2.44. The molecule has 0 bridgehead atoms. The van der Waals surface area contributed by atoms with Crippen molar-refractivity contribution in [2.24, 2.45) is 11.7 Å². The van der Waals surface area contributed by atoms with E-state index in [4.69, 9.17) is 5.73 Å². The van der Waals surface area contributed by atoms with Gasteiger partial charge in [0.2, 0.25) is 10.0 Å². The summed E-state index contributed by atoms with van der Waals surface area (Å²) in [5, 5.41) is 0. The van der Waals surface area contributed by atoms with Crippen LogP contribution in [0.4, 0.5) is 0 Å². The molecule has 0 amide bonds. The van der Waals surface area contributed by atoms with E-state index in [1.807, 2.05) is 0 Å². The molecule has 0 aliphatic heterocycles. The van der Waals surface area contributed by atoms with Crippen molar-refractivity contribution in [3.63, 3.8) is 0 Å². The van der Waals surface area contributed by atoms with Crippen molar-refractivity contribution in [1.29, 1.82) is 0 Å². The molecule has 5 heteroatoms. The Hall–Kier alpha value is -0.130. The highest BCUT2D eigenvalue weighted by atomic mass is 32.2. The van der Waals surface area contributed by atoms with Gasteiger partial charge in [0.15, 0.2) is 0 Å². The van der Waals surface area contributed by atoms with Crippen molar-refractivity contribution in [1.82, 2.24) is 4.31 Å². The molecule has 0 aromatic carbocycles. The SMILES string of the molecule is CC1CCCC(CN)(N(C)S(C)(=O)=O)C1. The molecule has 1 rings (SSSR count). The molecule has 1 saturated carbocycles. The van der Waals surface area contributed by atoms with E-state index in [0.717, 1.165) is 19.3 Å². The largest absolute Gasteiger partial charge is 0.329 e. The second kappa shape index (κ2) is 4.39. The van der Waals surface area contributed by atoms with Crippen molar-refractivity contribution in [2.75, 3.05) is 19.8 Å². The summed E-state index contributed by atoms with van der Waals surface area (Å²) in [5.41, 5.74) is 5.45. The Labute approximate surface area is 92.9 Å². The average molecular weight is 234 g/mol. The Bertz CT molecular complexity index is 315. The van der Waals surface area contributed by atoms with Crippen LogP contribution in [0.3, 0.4) is 0 Å². The van der Waals surface area contributed by atoms with Gasteiger partial charge in [-0.15, -0.1) is 0 Å². The predicted octanol–water partition coefficient (Wildman–Crippen LogP) is 0.785. The summed E-state index contributed by atoms with van der Waals surface area (Å²) in [6.45, 7) is 2.58. The summed E-state index contributed by atoms with van der Waals surface area (Å²) in [6.07, 6.45) is 5.27. The Balaban J connectivity index is 2.94. The normalized spacial score (nSPS) is 33.3. The van der Waals surface area contributed by atoms with Gasteiger partial charge in [-0.1, -0.05) is 19.8 Å². The minimum atomic E-state index is -3.14. The highest BCUT2D eigenvalue weighted by Gasteiger charge is 2.41. The maximum Gasteiger partial charge on any atom is 0.211 e. The molecule has 0 spiro atoms. The van der Waals surface area contributed by atoms with Gasteiger partial charge in [0, 0.05) is 19.1 Å². The summed E-state index contributed by atoms with van der Waals surface area (Å²) < 4.78 is 24.6. The van der Waals surface area contributed by atoms with E-state index in [1.54, 1.807) is 7.05 Å². The van der Waals surface area contributed by atoms with Gasteiger partial charge in [-0.05, 0) is 18.8 Å². The molecule has 2 atom stereocenters. The molecule has 0 aromatic rings. The molecule has 90 valence electrons. The Morgan fingerprint density at radius 3 is 2.53 bits per heavy atom. The third kappa shape index (κ3) is 2.71. The molecule has 1 aliphatic carbocycles. The fourth-order valence-electron chi connectivity index (χ4n) is 2.58. The van der Waals surface area contributed by atoms with E-state index in [0.29, 0.717) is 12.5 Å². The summed E-state index contributed by atoms with van der Waals surface area (Å²) in [7, 11) is -1.49. The van der Waals surface area contributed by atoms with Crippen LogP contribution in [0.5, 0.6) is 0 Å². The van der Waals surface area contributed by atoms with E-state index in [9.17, 15) is 8.42 Å². The van der Waals surface area contributed by atoms with Gasteiger partial charge >= 0.3 is 0 Å². The molecular weight excluding hydrogens is 212 g/mol. The molecular formula is C10H22N2O2S. The van der Waals surface area contributed by atoms with Crippen LogP contribution in [0.25, 0.3) is 0 Å². The van der Waals surface area contributed by atoms with E-state index >= 15 is 0 Å². The van der Waals surface area contributed by atoms with Crippen molar-refractivity contribution in [3.8, 4) is 0 Å². The molecule has 1 aliphatic rings. The highest BCUT2D eigenvalue weighted by molar-refractivity contribution is 7.88. The zero-order valence-electron chi connectivity index (χ0n) is 9.86. The van der Waals surface area contributed by atoms with E-state index < -0.39 is 10.0 Å². The van der Waals surface area contributed by atoms with Gasteiger partial charge in [-0.25, -0.2) is 8.42 Å². The van der Waals surface area contributed by atoms with Gasteiger partial charge in [0.1, 0.15) is 0 Å². The number of sulfonamides is 1. The number of nitrogens with zero attached hydrogens (tertiary/aromatic N) is 1. The Morgan fingerprint density at radius 2 is 2.13 bits per heavy atom. The van der Waals surface area contributed by atoms with Crippen LogP contribution in [-0.4, -0.2) is 38.1 Å². The summed E-state index contributed by atoms with van der Waals surface area (Å²) >= 11 is 0. The zero-order valence-corrected chi connectivity index (χ0v) is 10.7. The standard InChI is InChI=1S/C10H22N2O2S/c1-9-5-4-6-10(7-9,8-11)12(2)15(3,13)14/h9H,4-8,11H2,1-3H3. The maximum atomic E-state index is 11.6. The minimum absolute atomic E-state index is 0.342. The number of likely N-dealkylation sites (N-methyl/N-ethyl adjacent to an activating group) is 1. The first-order valence-electron chi connectivity index (χ1n) is 5.46. The van der Waals surface area contributed by atoms with Crippen LogP contribution in [0.1, 0.15) is 32.6 Å².